The molecule has 7 aromatic heterocycles. The molecule has 15 rings (SSSR count). The molecular formula is C75H78FN19O3. The first-order chi connectivity index (χ1) is 47.7. The van der Waals surface area contributed by atoms with Gasteiger partial charge >= 0.3 is 0 Å². The number of hydrogen-bond acceptors (Lipinski definition) is 16. The zero-order valence-electron chi connectivity index (χ0n) is 55.4. The van der Waals surface area contributed by atoms with E-state index in [-0.39, 0.29) is 23.9 Å². The lowest BCUT2D eigenvalue weighted by Crippen LogP contribution is -2.26. The minimum absolute atomic E-state index is 0.0170. The number of aromatic nitrogens is 13. The van der Waals surface area contributed by atoms with Crippen molar-refractivity contribution in [3.8, 4) is 33.8 Å². The maximum atomic E-state index is 14.1. The van der Waals surface area contributed by atoms with Gasteiger partial charge in [-0.05, 0) is 111 Å². The molecule has 3 saturated carbocycles. The Balaban J connectivity index is 0.000000132. The summed E-state index contributed by atoms with van der Waals surface area (Å²) in [6.45, 7) is 6.74. The van der Waals surface area contributed by atoms with E-state index in [2.05, 4.69) is 45.5 Å². The molecular weight excluding hydrogens is 1230 g/mol. The number of pyridine rings is 1. The van der Waals surface area contributed by atoms with Crippen molar-refractivity contribution in [2.45, 2.75) is 136 Å². The number of hydrogen-bond donors (Lipinski definition) is 5. The van der Waals surface area contributed by atoms with Crippen molar-refractivity contribution in [2.75, 3.05) is 24.2 Å². The first-order valence-corrected chi connectivity index (χ1v) is 33.5. The number of halogens is 1. The number of carbonyl (C=O) groups excluding carboxylic acids is 3. The van der Waals surface area contributed by atoms with Gasteiger partial charge in [0.15, 0.2) is 16.9 Å². The van der Waals surface area contributed by atoms with Crippen LogP contribution in [0.2, 0.25) is 0 Å². The Kier molecular flexibility index (Phi) is 19.3. The van der Waals surface area contributed by atoms with E-state index in [0.29, 0.717) is 65.5 Å². The number of aryl methyl sites for hydroxylation is 3. The van der Waals surface area contributed by atoms with Crippen LogP contribution in [0, 0.1) is 26.6 Å². The third-order valence-corrected chi connectivity index (χ3v) is 19.0. The normalized spacial score (nSPS) is 14.1. The highest BCUT2D eigenvalue weighted by Crippen LogP contribution is 2.40. The minimum Gasteiger partial charge on any atom is -0.383 e. The van der Waals surface area contributed by atoms with E-state index < -0.39 is 11.7 Å². The first-order valence-electron chi connectivity index (χ1n) is 33.5. The Labute approximate surface area is 566 Å². The summed E-state index contributed by atoms with van der Waals surface area (Å²) in [5.74, 6) is 0.239. The SMILES string of the molecule is Cc1cccc(F)c1C(=O)NCc1ccc(-c2nn(C3CCCC3)c3ncnc(N)c23)cc1.Cc1ccccc1C(=O)N(C)Cc1ccc(-c2nn(C3CCCC3)c3ncnc(N)c23)cc1.Cc1ncccc1C(=O)NCc1ccc(-c2nn(C3CCCC3)c3ncnc(N)c23)cc1. The van der Waals surface area contributed by atoms with Crippen molar-refractivity contribution in [3.63, 3.8) is 0 Å². The molecule has 22 nitrogen and oxygen atoms in total. The third kappa shape index (κ3) is 13.7. The number of anilines is 3. The maximum absolute atomic E-state index is 14.1. The van der Waals surface area contributed by atoms with Gasteiger partial charge in [0.2, 0.25) is 0 Å². The fourth-order valence-electron chi connectivity index (χ4n) is 13.7. The molecule has 0 aliphatic heterocycles. The van der Waals surface area contributed by atoms with E-state index in [0.717, 1.165) is 133 Å². The second kappa shape index (κ2) is 28.9. The zero-order chi connectivity index (χ0) is 68.0. The lowest BCUT2D eigenvalue weighted by molar-refractivity contribution is 0.0783. The fraction of sp³-hybridized carbons (Fsp3) is 0.293. The largest absolute Gasteiger partial charge is 0.383 e. The Morgan fingerprint density at radius 3 is 1.29 bits per heavy atom. The van der Waals surface area contributed by atoms with Gasteiger partial charge in [0.25, 0.3) is 17.7 Å². The van der Waals surface area contributed by atoms with Crippen LogP contribution in [0.25, 0.3) is 66.9 Å². The molecule has 98 heavy (non-hydrogen) atoms. The molecule has 7 heterocycles. The molecule has 5 aromatic carbocycles. The molecule has 0 atom stereocenters. The molecule has 0 bridgehead atoms. The van der Waals surface area contributed by atoms with Crippen molar-refractivity contribution in [1.82, 2.24) is 79.8 Å². The van der Waals surface area contributed by atoms with Gasteiger partial charge < -0.3 is 32.7 Å². The van der Waals surface area contributed by atoms with Crippen molar-refractivity contribution in [1.29, 1.82) is 0 Å². The van der Waals surface area contributed by atoms with Gasteiger partial charge in [0, 0.05) is 60.8 Å². The second-order valence-electron chi connectivity index (χ2n) is 25.6. The second-order valence-corrected chi connectivity index (χ2v) is 25.6. The molecule has 0 spiro atoms. The minimum atomic E-state index is -0.521. The summed E-state index contributed by atoms with van der Waals surface area (Å²) in [7, 11) is 1.83. The highest BCUT2D eigenvalue weighted by atomic mass is 19.1. The highest BCUT2D eigenvalue weighted by molar-refractivity contribution is 6.01. The zero-order valence-corrected chi connectivity index (χ0v) is 55.4. The van der Waals surface area contributed by atoms with Crippen LogP contribution in [-0.4, -0.2) is 93.9 Å². The average Bonchev–Trinajstić information content (AvgIpc) is 1.63. The molecule has 0 saturated heterocycles. The molecule has 23 heteroatoms. The summed E-state index contributed by atoms with van der Waals surface area (Å²) in [6, 6.07) is 40.7. The Morgan fingerprint density at radius 1 is 0.469 bits per heavy atom. The van der Waals surface area contributed by atoms with Crippen LogP contribution in [0.3, 0.4) is 0 Å². The van der Waals surface area contributed by atoms with E-state index in [1.54, 1.807) is 42.3 Å². The number of carbonyl (C=O) groups is 3. The standard InChI is InChI=1S/C26H28N6O.C25H25FN6O.C24H25N7O/c1-17-7-3-6-10-21(17)26(33)31(2)15-18-11-13-19(14-12-18)23-22-24(27)28-16-29-25(22)32(30-23)20-8-4-5-9-20;1-15-5-4-8-19(26)20(15)25(33)28-13-16-9-11-17(12-10-16)22-21-23(27)29-14-30-24(21)32(31-22)18-6-2-3-7-18;1-15-19(7-4-12-26-15)24(32)27-13-16-8-10-17(11-9-16)21-20-22(25)28-14-29-23(20)31(30-21)18-5-2-3-6-18/h3,6-7,10-14,16,20H,4-5,8-9,15H2,1-2H3,(H2,27,28,29);4-5,8-12,14,18H,2-3,6-7,13H2,1H3,(H,28,33)(H2,27,29,30);4,7-12,14,18H,2-3,5-6,13H2,1H3,(H,27,32)(H2,25,28,29). The highest BCUT2D eigenvalue weighted by Gasteiger charge is 2.29. The van der Waals surface area contributed by atoms with Crippen molar-refractivity contribution in [2.24, 2.45) is 0 Å². The smallest absolute Gasteiger partial charge is 0.254 e. The number of nitrogens with one attached hydrogen (secondary N) is 2. The van der Waals surface area contributed by atoms with Crippen molar-refractivity contribution >= 4 is 68.3 Å². The van der Waals surface area contributed by atoms with Gasteiger partial charge in [0.1, 0.15) is 59.3 Å². The summed E-state index contributed by atoms with van der Waals surface area (Å²) in [6.07, 6.45) is 20.0. The molecule has 3 aliphatic carbocycles. The van der Waals surface area contributed by atoms with Gasteiger partial charge in [-0.25, -0.2) is 48.3 Å². The maximum Gasteiger partial charge on any atom is 0.254 e. The number of nitrogens with zero attached hydrogens (tertiary/aromatic N) is 14. The average molecular weight is 1310 g/mol. The van der Waals surface area contributed by atoms with Gasteiger partial charge in [-0.2, -0.15) is 15.3 Å². The Bertz CT molecular complexity index is 4860. The predicted octanol–water partition coefficient (Wildman–Crippen LogP) is 13.2. The van der Waals surface area contributed by atoms with Crippen molar-refractivity contribution in [3.05, 3.63) is 209 Å². The summed E-state index contributed by atoms with van der Waals surface area (Å²) in [4.78, 5) is 69.8. The van der Waals surface area contributed by atoms with E-state index in [4.69, 9.17) is 32.5 Å². The number of benzene rings is 5. The van der Waals surface area contributed by atoms with Gasteiger partial charge in [-0.15, -0.1) is 0 Å². The van der Waals surface area contributed by atoms with Gasteiger partial charge in [-0.1, -0.05) is 142 Å². The molecule has 12 aromatic rings. The monoisotopic (exact) mass is 1310 g/mol. The number of amides is 3. The van der Waals surface area contributed by atoms with Crippen LogP contribution in [0.1, 0.15) is 160 Å². The summed E-state index contributed by atoms with van der Waals surface area (Å²) < 4.78 is 20.1. The van der Waals surface area contributed by atoms with Crippen LogP contribution in [-0.2, 0) is 19.6 Å². The molecule has 8 N–H and O–H groups in total. The number of rotatable bonds is 15. The summed E-state index contributed by atoms with van der Waals surface area (Å²) in [5, 5.41) is 22.9. The fourth-order valence-corrected chi connectivity index (χ4v) is 13.7. The number of nitrogens with two attached hydrogens (primary N) is 3. The molecule has 3 fully saturated rings. The van der Waals surface area contributed by atoms with E-state index in [9.17, 15) is 18.8 Å². The number of fused-ring (bicyclic) bond motifs is 3. The van der Waals surface area contributed by atoms with E-state index in [1.807, 2.05) is 132 Å². The Morgan fingerprint density at radius 2 is 0.867 bits per heavy atom. The topological polar surface area (TPSA) is 300 Å². The molecule has 0 radical (unpaired) electrons. The van der Waals surface area contributed by atoms with Crippen molar-refractivity contribution < 1.29 is 18.8 Å². The van der Waals surface area contributed by atoms with E-state index in [1.165, 1.54) is 63.6 Å². The lowest BCUT2D eigenvalue weighted by atomic mass is 10.1. The van der Waals surface area contributed by atoms with Gasteiger partial charge in [0.05, 0.1) is 45.4 Å². The summed E-state index contributed by atoms with van der Waals surface area (Å²) >= 11 is 0. The summed E-state index contributed by atoms with van der Waals surface area (Å²) in [5.41, 5.74) is 32.9. The predicted molar refractivity (Wildman–Crippen MR) is 377 cm³/mol. The van der Waals surface area contributed by atoms with E-state index >= 15 is 0 Å². The number of nitrogen functional groups attached to an aromatic ring is 3. The van der Waals surface area contributed by atoms with Gasteiger partial charge in [-0.3, -0.25) is 19.4 Å². The molecule has 498 valence electrons. The Hall–Kier alpha value is -11.4. The lowest BCUT2D eigenvalue weighted by Gasteiger charge is -2.18. The van der Waals surface area contributed by atoms with Crippen LogP contribution in [0.15, 0.2) is 153 Å². The van der Waals surface area contributed by atoms with Crippen LogP contribution in [0.4, 0.5) is 21.8 Å². The first kappa shape index (κ1) is 65.3. The molecule has 3 aliphatic rings. The van der Waals surface area contributed by atoms with Crippen LogP contribution < -0.4 is 27.8 Å². The van der Waals surface area contributed by atoms with Crippen LogP contribution in [0.5, 0.6) is 0 Å². The third-order valence-electron chi connectivity index (χ3n) is 19.0. The molecule has 0 unspecified atom stereocenters. The molecule has 3 amide bonds. The van der Waals surface area contributed by atoms with Crippen LogP contribution >= 0.6 is 0 Å². The quantitative estimate of drug-likeness (QED) is 0.0637.